The van der Waals surface area contributed by atoms with Crippen LogP contribution in [0.1, 0.15) is 27.7 Å². The minimum Gasteiger partial charge on any atom is -0.469 e. The number of hydrogen-bond acceptors (Lipinski definition) is 4. The molecule has 4 heteroatoms. The summed E-state index contributed by atoms with van der Waals surface area (Å²) in [6.07, 6.45) is 0. The van der Waals surface area contributed by atoms with Gasteiger partial charge in [-0.05, 0) is 13.8 Å². The fourth-order valence-corrected chi connectivity index (χ4v) is 1.08. The molecule has 0 aliphatic heterocycles. The smallest absolute Gasteiger partial charge is 0.313 e. The molecule has 0 amide bonds. The predicted octanol–water partition coefficient (Wildman–Crippen LogP) is 1.20. The maximum atomic E-state index is 11.3. The molecule has 4 nitrogen and oxygen atoms in total. The van der Waals surface area contributed by atoms with Gasteiger partial charge in [0.15, 0.2) is 0 Å². The molecule has 1 N–H and O–H groups in total. The molecule has 0 spiro atoms. The third-order valence-corrected chi connectivity index (χ3v) is 2.00. The topological polar surface area (TPSA) is 47.6 Å². The van der Waals surface area contributed by atoms with Crippen LogP contribution in [0.5, 0.6) is 0 Å². The van der Waals surface area contributed by atoms with Crippen molar-refractivity contribution in [1.82, 2.24) is 5.32 Å². The maximum absolute atomic E-state index is 11.3. The van der Waals surface area contributed by atoms with Gasteiger partial charge in [0.2, 0.25) is 0 Å². The molecule has 0 aromatic carbocycles. The summed E-state index contributed by atoms with van der Waals surface area (Å²) in [6, 6.07) is 0.460. The molecule has 0 aliphatic rings. The molecule has 0 rings (SSSR count). The molecule has 0 aliphatic carbocycles. The van der Waals surface area contributed by atoms with Crippen molar-refractivity contribution in [3.63, 3.8) is 0 Å². The van der Waals surface area contributed by atoms with Crippen molar-refractivity contribution in [2.24, 2.45) is 5.41 Å². The minimum absolute atomic E-state index is 0.237. The van der Waals surface area contributed by atoms with Gasteiger partial charge in [-0.3, -0.25) is 4.79 Å². The lowest BCUT2D eigenvalue weighted by Gasteiger charge is -2.21. The number of hydrogen-bond donors (Lipinski definition) is 1. The van der Waals surface area contributed by atoms with Crippen LogP contribution in [0.3, 0.4) is 0 Å². The van der Waals surface area contributed by atoms with E-state index in [9.17, 15) is 4.79 Å². The zero-order chi connectivity index (χ0) is 11.9. The van der Waals surface area contributed by atoms with E-state index in [1.807, 2.05) is 13.8 Å². The normalized spacial score (nSPS) is 11.9. The predicted molar refractivity (Wildman–Crippen MR) is 59.8 cm³/mol. The first-order valence-electron chi connectivity index (χ1n) is 5.29. The number of carbonyl (C=O) groups is 1. The Morgan fingerprint density at radius 3 is 2.47 bits per heavy atom. The maximum Gasteiger partial charge on any atom is 0.313 e. The van der Waals surface area contributed by atoms with E-state index in [-0.39, 0.29) is 5.97 Å². The van der Waals surface area contributed by atoms with E-state index in [0.29, 0.717) is 19.3 Å². The fraction of sp³-hybridized carbons (Fsp3) is 0.909. The van der Waals surface area contributed by atoms with Gasteiger partial charge in [0, 0.05) is 12.6 Å². The minimum atomic E-state index is -0.563. The zero-order valence-corrected chi connectivity index (χ0v) is 10.4. The summed E-state index contributed by atoms with van der Waals surface area (Å²) in [5.41, 5.74) is -0.563. The second-order valence-electron chi connectivity index (χ2n) is 4.54. The van der Waals surface area contributed by atoms with E-state index in [1.54, 1.807) is 0 Å². The standard InChI is InChI=1S/C11H23NO3/c1-9(2)12-6-7-15-8-11(3,4)10(13)14-5/h9,12H,6-8H2,1-5H3. The first-order valence-corrected chi connectivity index (χ1v) is 5.29. The quantitative estimate of drug-likeness (QED) is 0.514. The van der Waals surface area contributed by atoms with Crippen LogP contribution >= 0.6 is 0 Å². The first kappa shape index (κ1) is 14.4. The molecule has 0 unspecified atom stereocenters. The summed E-state index contributed by atoms with van der Waals surface area (Å²) in [5, 5.41) is 3.23. The third kappa shape index (κ3) is 6.47. The summed E-state index contributed by atoms with van der Waals surface area (Å²) in [5.74, 6) is -0.237. The number of nitrogens with one attached hydrogen (secondary N) is 1. The van der Waals surface area contributed by atoms with E-state index in [4.69, 9.17) is 4.74 Å². The number of rotatable bonds is 7. The highest BCUT2D eigenvalue weighted by atomic mass is 16.5. The molecule has 0 saturated carbocycles. The highest BCUT2D eigenvalue weighted by molar-refractivity contribution is 5.75. The Morgan fingerprint density at radius 2 is 2.00 bits per heavy atom. The highest BCUT2D eigenvalue weighted by Crippen LogP contribution is 2.16. The molecule has 15 heavy (non-hydrogen) atoms. The van der Waals surface area contributed by atoms with E-state index in [1.165, 1.54) is 7.11 Å². The zero-order valence-electron chi connectivity index (χ0n) is 10.4. The van der Waals surface area contributed by atoms with Crippen molar-refractivity contribution in [2.75, 3.05) is 26.9 Å². The first-order chi connectivity index (χ1) is 6.90. The van der Waals surface area contributed by atoms with Crippen LogP contribution in [-0.2, 0) is 14.3 Å². The summed E-state index contributed by atoms with van der Waals surface area (Å²) >= 11 is 0. The largest absolute Gasteiger partial charge is 0.469 e. The van der Waals surface area contributed by atoms with Crippen LogP contribution in [0.2, 0.25) is 0 Å². The Morgan fingerprint density at radius 1 is 1.40 bits per heavy atom. The lowest BCUT2D eigenvalue weighted by atomic mass is 9.95. The van der Waals surface area contributed by atoms with Crippen LogP contribution < -0.4 is 5.32 Å². The van der Waals surface area contributed by atoms with Gasteiger partial charge in [-0.15, -0.1) is 0 Å². The molecule has 0 radical (unpaired) electrons. The van der Waals surface area contributed by atoms with Crippen molar-refractivity contribution in [3.05, 3.63) is 0 Å². The van der Waals surface area contributed by atoms with E-state index in [2.05, 4.69) is 23.9 Å². The highest BCUT2D eigenvalue weighted by Gasteiger charge is 2.28. The van der Waals surface area contributed by atoms with Crippen molar-refractivity contribution in [1.29, 1.82) is 0 Å². The number of carbonyl (C=O) groups excluding carboxylic acids is 1. The van der Waals surface area contributed by atoms with E-state index < -0.39 is 5.41 Å². The van der Waals surface area contributed by atoms with Gasteiger partial charge in [0.1, 0.15) is 0 Å². The molecular formula is C11H23NO3. The monoisotopic (exact) mass is 217 g/mol. The average molecular weight is 217 g/mol. The summed E-state index contributed by atoms with van der Waals surface area (Å²) in [4.78, 5) is 11.3. The molecule has 0 atom stereocenters. The van der Waals surface area contributed by atoms with Gasteiger partial charge >= 0.3 is 5.97 Å². The second-order valence-corrected chi connectivity index (χ2v) is 4.54. The number of esters is 1. The van der Waals surface area contributed by atoms with E-state index in [0.717, 1.165) is 6.54 Å². The van der Waals surface area contributed by atoms with Gasteiger partial charge in [-0.1, -0.05) is 13.8 Å². The molecule has 0 bridgehead atoms. The Labute approximate surface area is 92.3 Å². The van der Waals surface area contributed by atoms with Gasteiger partial charge in [-0.2, -0.15) is 0 Å². The van der Waals surface area contributed by atoms with Gasteiger partial charge in [0.25, 0.3) is 0 Å². The summed E-state index contributed by atoms with van der Waals surface area (Å²) in [6.45, 7) is 9.59. The lowest BCUT2D eigenvalue weighted by Crippen LogP contribution is -2.33. The van der Waals surface area contributed by atoms with Crippen molar-refractivity contribution < 1.29 is 14.3 Å². The molecule has 0 aromatic heterocycles. The summed E-state index contributed by atoms with van der Waals surface area (Å²) in [7, 11) is 1.39. The fourth-order valence-electron chi connectivity index (χ4n) is 1.08. The Bertz CT molecular complexity index is 190. The van der Waals surface area contributed by atoms with Crippen LogP contribution in [-0.4, -0.2) is 38.9 Å². The SMILES string of the molecule is COC(=O)C(C)(C)COCCNC(C)C. The van der Waals surface area contributed by atoms with Crippen molar-refractivity contribution in [2.45, 2.75) is 33.7 Å². The summed E-state index contributed by atoms with van der Waals surface area (Å²) < 4.78 is 10.1. The van der Waals surface area contributed by atoms with Gasteiger partial charge in [-0.25, -0.2) is 0 Å². The van der Waals surface area contributed by atoms with Crippen molar-refractivity contribution >= 4 is 5.97 Å². The van der Waals surface area contributed by atoms with E-state index >= 15 is 0 Å². The molecule has 0 heterocycles. The molecule has 90 valence electrons. The van der Waals surface area contributed by atoms with Gasteiger partial charge < -0.3 is 14.8 Å². The molecule has 0 aromatic rings. The van der Waals surface area contributed by atoms with Gasteiger partial charge in [0.05, 0.1) is 25.7 Å². The third-order valence-electron chi connectivity index (χ3n) is 2.00. The lowest BCUT2D eigenvalue weighted by molar-refractivity contribution is -0.154. The molecular weight excluding hydrogens is 194 g/mol. The number of ether oxygens (including phenoxy) is 2. The van der Waals surface area contributed by atoms with Crippen LogP contribution in [0.4, 0.5) is 0 Å². The Balaban J connectivity index is 3.62. The molecule has 0 saturated heterocycles. The Hall–Kier alpha value is -0.610. The van der Waals surface area contributed by atoms with Crippen LogP contribution in [0, 0.1) is 5.41 Å². The second kappa shape index (κ2) is 6.80. The Kier molecular flexibility index (Phi) is 6.52. The van der Waals surface area contributed by atoms with Crippen LogP contribution in [0.15, 0.2) is 0 Å². The van der Waals surface area contributed by atoms with Crippen LogP contribution in [0.25, 0.3) is 0 Å². The number of methoxy groups -OCH3 is 1. The molecule has 0 fully saturated rings. The van der Waals surface area contributed by atoms with Crippen molar-refractivity contribution in [3.8, 4) is 0 Å². The average Bonchev–Trinajstić information content (AvgIpc) is 2.15.